The summed E-state index contributed by atoms with van der Waals surface area (Å²) in [4.78, 5) is 12.3. The van der Waals surface area contributed by atoms with Crippen LogP contribution >= 0.6 is 0 Å². The maximum Gasteiger partial charge on any atom is 1.00 e. The third-order valence-corrected chi connectivity index (χ3v) is 7.01. The van der Waals surface area contributed by atoms with Crippen molar-refractivity contribution in [2.75, 3.05) is 0 Å². The van der Waals surface area contributed by atoms with Gasteiger partial charge in [-0.15, -0.1) is 0 Å². The number of Topliss-reactive ketones (excluding diaryl/α,β-unsaturated/α-hetero) is 1. The maximum absolute atomic E-state index is 12.3. The van der Waals surface area contributed by atoms with E-state index in [0.717, 1.165) is 44.1 Å². The predicted octanol–water partition coefficient (Wildman–Crippen LogP) is 0.297. The zero-order chi connectivity index (χ0) is 17.1. The average Bonchev–Trinajstić information content (AvgIpc) is 2.81. The minimum Gasteiger partial charge on any atom is -0.362 e. The molecule has 0 heterocycles. The maximum atomic E-state index is 12.3. The van der Waals surface area contributed by atoms with Crippen molar-refractivity contribution in [3.63, 3.8) is 0 Å². The van der Waals surface area contributed by atoms with Crippen LogP contribution in [0.2, 0.25) is 0 Å². The number of hydrogen-bond acceptors (Lipinski definition) is 4. The van der Waals surface area contributed by atoms with Gasteiger partial charge in [0.2, 0.25) is 0 Å². The van der Waals surface area contributed by atoms with E-state index in [0.29, 0.717) is 23.5 Å². The molecule has 1 aromatic rings. The number of aryl methyl sites for hydroxylation is 1. The zero-order valence-electron chi connectivity index (χ0n) is 14.7. The van der Waals surface area contributed by atoms with Gasteiger partial charge in [0.05, 0.1) is 0 Å². The van der Waals surface area contributed by atoms with Crippen molar-refractivity contribution in [1.29, 1.82) is 0 Å². The van der Waals surface area contributed by atoms with E-state index >= 15 is 0 Å². The van der Waals surface area contributed by atoms with Crippen molar-refractivity contribution in [3.05, 3.63) is 29.3 Å². The molecule has 130 valence electrons. The van der Waals surface area contributed by atoms with E-state index in [1.165, 1.54) is 5.56 Å². The molecular formula is C18H22KO5S+. The number of hydrogen-bond donors (Lipinski definition) is 1. The number of benzene rings is 1. The molecule has 3 aliphatic rings. The average molecular weight is 390 g/mol. The number of carbonyl (C=O) groups excluding carboxylic acids is 1. The van der Waals surface area contributed by atoms with E-state index in [1.807, 2.05) is 6.07 Å². The van der Waals surface area contributed by atoms with Crippen LogP contribution in [-0.4, -0.2) is 18.8 Å². The summed E-state index contributed by atoms with van der Waals surface area (Å²) in [6.07, 6.45) is 5.57. The topological polar surface area (TPSA) is 80.7 Å². The van der Waals surface area contributed by atoms with Crippen LogP contribution in [0.15, 0.2) is 18.2 Å². The minimum absolute atomic E-state index is 0. The summed E-state index contributed by atoms with van der Waals surface area (Å²) >= 11 is 0. The molecule has 2 fully saturated rings. The molecule has 2 saturated carbocycles. The number of carbonyl (C=O) groups is 1. The van der Waals surface area contributed by atoms with Crippen LogP contribution in [0.1, 0.15) is 56.1 Å². The summed E-state index contributed by atoms with van der Waals surface area (Å²) in [6, 6.07) is 5.28. The van der Waals surface area contributed by atoms with Crippen molar-refractivity contribution >= 4 is 16.2 Å². The molecular weight excluding hydrogens is 367 g/mol. The molecule has 0 bridgehead atoms. The SMILES string of the molecule is C[C@]12CC[C@@H]3c4ccc(OS(=O)(=O)O)cc4CC[C@H]3[C@@H]1CCC2=O.[K+]. The van der Waals surface area contributed by atoms with Crippen LogP contribution in [0, 0.1) is 17.3 Å². The molecule has 3 aliphatic carbocycles. The van der Waals surface area contributed by atoms with Crippen LogP contribution in [0.5, 0.6) is 5.75 Å². The van der Waals surface area contributed by atoms with Gasteiger partial charge >= 0.3 is 61.8 Å². The van der Waals surface area contributed by atoms with Crippen LogP contribution in [0.3, 0.4) is 0 Å². The molecule has 0 aromatic heterocycles. The molecule has 0 aliphatic heterocycles. The van der Waals surface area contributed by atoms with E-state index in [1.54, 1.807) is 12.1 Å². The quantitative estimate of drug-likeness (QED) is 0.581. The van der Waals surface area contributed by atoms with Crippen molar-refractivity contribution in [2.45, 2.75) is 51.4 Å². The molecule has 0 radical (unpaired) electrons. The van der Waals surface area contributed by atoms with Gasteiger partial charge in [-0.25, -0.2) is 0 Å². The van der Waals surface area contributed by atoms with Crippen molar-refractivity contribution in [2.24, 2.45) is 17.3 Å². The standard InChI is InChI=1S/C18H22O5S.K/c1-18-9-8-14-13-5-3-12(23-24(20,21)22)10-11(13)2-4-15(14)16(18)6-7-17(18)19;/h3,5,10,14-16H,2,4,6-9H2,1H3,(H,20,21,22);/q;+1/t14-,15-,16+,18+;/m1./s1. The largest absolute Gasteiger partial charge is 1.00 e. The van der Waals surface area contributed by atoms with E-state index in [9.17, 15) is 13.2 Å². The van der Waals surface area contributed by atoms with Crippen molar-refractivity contribution < 1.29 is 73.3 Å². The van der Waals surface area contributed by atoms with E-state index < -0.39 is 10.4 Å². The fourth-order valence-electron chi connectivity index (χ4n) is 5.50. The monoisotopic (exact) mass is 389 g/mol. The Labute approximate surface area is 191 Å². The number of rotatable bonds is 2. The smallest absolute Gasteiger partial charge is 0.362 e. The summed E-state index contributed by atoms with van der Waals surface area (Å²) < 4.78 is 35.2. The molecule has 4 atom stereocenters. The van der Waals surface area contributed by atoms with Gasteiger partial charge in [-0.2, -0.15) is 8.42 Å². The van der Waals surface area contributed by atoms with Gasteiger partial charge in [0.15, 0.2) is 0 Å². The predicted molar refractivity (Wildman–Crippen MR) is 88.2 cm³/mol. The van der Waals surface area contributed by atoms with Gasteiger partial charge in [0.25, 0.3) is 0 Å². The summed E-state index contributed by atoms with van der Waals surface area (Å²) in [5, 5.41) is 0. The third kappa shape index (κ3) is 3.53. The Morgan fingerprint density at radius 1 is 1.20 bits per heavy atom. The summed E-state index contributed by atoms with van der Waals surface area (Å²) in [5.41, 5.74) is 2.23. The van der Waals surface area contributed by atoms with Crippen LogP contribution < -0.4 is 55.6 Å². The molecule has 0 saturated heterocycles. The first kappa shape index (κ1) is 20.0. The van der Waals surface area contributed by atoms with Crippen LogP contribution in [-0.2, 0) is 21.6 Å². The zero-order valence-corrected chi connectivity index (χ0v) is 18.6. The van der Waals surface area contributed by atoms with E-state index in [2.05, 4.69) is 11.1 Å². The Kier molecular flexibility index (Phi) is 5.60. The Morgan fingerprint density at radius 3 is 2.68 bits per heavy atom. The fraction of sp³-hybridized carbons (Fsp3) is 0.611. The minimum atomic E-state index is -4.49. The van der Waals surface area contributed by atoms with Crippen LogP contribution in [0.25, 0.3) is 0 Å². The fourth-order valence-corrected chi connectivity index (χ4v) is 5.85. The van der Waals surface area contributed by atoms with Gasteiger partial charge in [-0.3, -0.25) is 9.35 Å². The Balaban J connectivity index is 0.00000182. The van der Waals surface area contributed by atoms with Crippen LogP contribution in [0.4, 0.5) is 0 Å². The normalized spacial score (nSPS) is 33.7. The van der Waals surface area contributed by atoms with Crippen molar-refractivity contribution in [1.82, 2.24) is 0 Å². The van der Waals surface area contributed by atoms with E-state index in [4.69, 9.17) is 4.55 Å². The van der Waals surface area contributed by atoms with Gasteiger partial charge in [0.1, 0.15) is 11.5 Å². The molecule has 1 aromatic carbocycles. The molecule has 0 spiro atoms. The second-order valence-electron chi connectivity index (χ2n) is 7.71. The summed E-state index contributed by atoms with van der Waals surface area (Å²) in [6.45, 7) is 2.15. The molecule has 0 unspecified atom stereocenters. The second-order valence-corrected chi connectivity index (χ2v) is 8.73. The Bertz CT molecular complexity index is 806. The molecule has 4 rings (SSSR count). The summed E-state index contributed by atoms with van der Waals surface area (Å²) in [5.74, 6) is 2.05. The van der Waals surface area contributed by atoms with Crippen molar-refractivity contribution in [3.8, 4) is 5.75 Å². The first-order valence-corrected chi connectivity index (χ1v) is 9.97. The Morgan fingerprint density at radius 2 is 1.96 bits per heavy atom. The first-order chi connectivity index (χ1) is 11.3. The van der Waals surface area contributed by atoms with Gasteiger partial charge in [-0.1, -0.05) is 13.0 Å². The molecule has 1 N–H and O–H groups in total. The van der Waals surface area contributed by atoms with Gasteiger partial charge in [-0.05, 0) is 73.1 Å². The second kappa shape index (κ2) is 7.00. The molecule has 5 nitrogen and oxygen atoms in total. The van der Waals surface area contributed by atoms with Gasteiger partial charge < -0.3 is 4.18 Å². The molecule has 0 amide bonds. The third-order valence-electron chi connectivity index (χ3n) is 6.61. The summed E-state index contributed by atoms with van der Waals surface area (Å²) in [7, 11) is -4.49. The molecule has 7 heteroatoms. The Hall–Kier alpha value is 0.236. The molecule has 25 heavy (non-hydrogen) atoms. The number of fused-ring (bicyclic) bond motifs is 5. The van der Waals surface area contributed by atoms with E-state index in [-0.39, 0.29) is 62.5 Å². The first-order valence-electron chi connectivity index (χ1n) is 8.61. The van der Waals surface area contributed by atoms with Gasteiger partial charge in [0, 0.05) is 11.8 Å². The number of ketones is 1.